The molecule has 0 aromatic heterocycles. The number of alkyl halides is 3. The summed E-state index contributed by atoms with van der Waals surface area (Å²) in [5, 5.41) is 9.83. The Morgan fingerprint density at radius 2 is 1.74 bits per heavy atom. The molecule has 0 spiro atoms. The van der Waals surface area contributed by atoms with Crippen LogP contribution in [0.3, 0.4) is 0 Å². The molecule has 1 aliphatic rings. The van der Waals surface area contributed by atoms with Gasteiger partial charge in [0.2, 0.25) is 11.8 Å². The molecule has 4 N–H and O–H groups in total. The van der Waals surface area contributed by atoms with Gasteiger partial charge in [-0.15, -0.1) is 0 Å². The van der Waals surface area contributed by atoms with Crippen LogP contribution in [0.4, 0.5) is 13.2 Å². The lowest BCUT2D eigenvalue weighted by Gasteiger charge is -2.30. The standard InChI is InChI=1S/C20H29N3O4.C2HF3O2/c1-13(2)17(22-18(24)14(3)21)19(25)23-11-7-10-16(23)20(26)27-12-15-8-5-4-6-9-15;3-2(4,5)1(6)7/h4-6,8-9,13-14,16-17H,7,10-12,21H2,1-3H3,(H,22,24);(H,6,7)/t14-,16-,17+;/m0./s1. The number of nitrogens with two attached hydrogens (primary N) is 1. The molecular formula is C22H30F3N3O6. The molecule has 9 nitrogen and oxygen atoms in total. The number of hydrogen-bond acceptors (Lipinski definition) is 6. The molecule has 2 amide bonds. The number of benzene rings is 1. The third-order valence-corrected chi connectivity index (χ3v) is 4.92. The summed E-state index contributed by atoms with van der Waals surface area (Å²) in [5.41, 5.74) is 6.49. The molecule has 0 radical (unpaired) electrons. The Balaban J connectivity index is 0.000000718. The molecular weight excluding hydrogens is 459 g/mol. The van der Waals surface area contributed by atoms with Gasteiger partial charge in [0.1, 0.15) is 18.7 Å². The highest BCUT2D eigenvalue weighted by Crippen LogP contribution is 2.22. The van der Waals surface area contributed by atoms with Gasteiger partial charge in [-0.1, -0.05) is 44.2 Å². The minimum atomic E-state index is -5.08. The van der Waals surface area contributed by atoms with E-state index in [0.717, 1.165) is 12.0 Å². The second-order valence-corrected chi connectivity index (χ2v) is 8.10. The Morgan fingerprint density at radius 1 is 1.18 bits per heavy atom. The average molecular weight is 489 g/mol. The van der Waals surface area contributed by atoms with Gasteiger partial charge in [-0.25, -0.2) is 9.59 Å². The minimum Gasteiger partial charge on any atom is -0.475 e. The van der Waals surface area contributed by atoms with Crippen molar-refractivity contribution in [2.45, 2.75) is 64.5 Å². The number of nitrogens with one attached hydrogen (secondary N) is 1. The number of amides is 2. The Kier molecular flexibility index (Phi) is 11.0. The van der Waals surface area contributed by atoms with Crippen molar-refractivity contribution < 1.29 is 42.2 Å². The van der Waals surface area contributed by atoms with Crippen molar-refractivity contribution >= 4 is 23.8 Å². The van der Waals surface area contributed by atoms with E-state index in [1.807, 2.05) is 44.2 Å². The minimum absolute atomic E-state index is 0.123. The fourth-order valence-corrected chi connectivity index (χ4v) is 3.08. The maximum Gasteiger partial charge on any atom is 0.490 e. The zero-order valence-electron chi connectivity index (χ0n) is 19.2. The molecule has 0 aliphatic carbocycles. The Morgan fingerprint density at radius 3 is 2.21 bits per heavy atom. The number of aliphatic carboxylic acids is 1. The fourth-order valence-electron chi connectivity index (χ4n) is 3.08. The molecule has 1 aromatic carbocycles. The Labute approximate surface area is 195 Å². The van der Waals surface area contributed by atoms with Crippen LogP contribution in [0, 0.1) is 5.92 Å². The number of rotatable bonds is 7. The smallest absolute Gasteiger partial charge is 0.475 e. The molecule has 3 atom stereocenters. The number of carbonyl (C=O) groups is 4. The molecule has 1 aromatic rings. The Hall–Kier alpha value is -3.15. The number of likely N-dealkylation sites (tertiary alicyclic amines) is 1. The normalized spacial score (nSPS) is 17.3. The number of halogens is 3. The van der Waals surface area contributed by atoms with Crippen LogP contribution in [0.5, 0.6) is 0 Å². The molecule has 1 heterocycles. The quantitative estimate of drug-likeness (QED) is 0.497. The highest BCUT2D eigenvalue weighted by molar-refractivity contribution is 5.92. The number of nitrogens with zero attached hydrogens (tertiary/aromatic N) is 1. The van der Waals surface area contributed by atoms with E-state index in [0.29, 0.717) is 13.0 Å². The number of carbonyl (C=O) groups excluding carboxylic acids is 3. The molecule has 1 fully saturated rings. The first-order valence-electron chi connectivity index (χ1n) is 10.6. The van der Waals surface area contributed by atoms with Crippen LogP contribution < -0.4 is 11.1 Å². The SMILES string of the molecule is CC(C)[C@@H](NC(=O)[C@H](C)N)C(=O)N1CCC[C@H]1C(=O)OCc1ccccc1.O=C(O)C(F)(F)F. The zero-order valence-corrected chi connectivity index (χ0v) is 19.2. The van der Waals surface area contributed by atoms with Gasteiger partial charge in [0.15, 0.2) is 0 Å². The largest absolute Gasteiger partial charge is 0.490 e. The number of ether oxygens (including phenoxy) is 1. The summed E-state index contributed by atoms with van der Waals surface area (Å²) in [6.07, 6.45) is -3.80. The first-order chi connectivity index (χ1) is 15.8. The summed E-state index contributed by atoms with van der Waals surface area (Å²) in [4.78, 5) is 47.9. The molecule has 34 heavy (non-hydrogen) atoms. The van der Waals surface area contributed by atoms with Crippen LogP contribution in [0.15, 0.2) is 30.3 Å². The van der Waals surface area contributed by atoms with Crippen molar-refractivity contribution in [2.75, 3.05) is 6.54 Å². The number of esters is 1. The van der Waals surface area contributed by atoms with Crippen molar-refractivity contribution in [1.29, 1.82) is 0 Å². The van der Waals surface area contributed by atoms with Gasteiger partial charge in [0, 0.05) is 6.54 Å². The summed E-state index contributed by atoms with van der Waals surface area (Å²) in [5.74, 6) is -3.94. The maximum absolute atomic E-state index is 13.0. The van der Waals surface area contributed by atoms with E-state index in [2.05, 4.69) is 5.32 Å². The van der Waals surface area contributed by atoms with Crippen molar-refractivity contribution in [3.63, 3.8) is 0 Å². The summed E-state index contributed by atoms with van der Waals surface area (Å²) >= 11 is 0. The van der Waals surface area contributed by atoms with Crippen LogP contribution in [-0.2, 0) is 30.5 Å². The second kappa shape index (κ2) is 12.9. The van der Waals surface area contributed by atoms with Gasteiger partial charge in [0.05, 0.1) is 6.04 Å². The van der Waals surface area contributed by atoms with E-state index in [1.165, 1.54) is 4.90 Å². The number of carboxylic acids is 1. The van der Waals surface area contributed by atoms with Crippen molar-refractivity contribution in [3.05, 3.63) is 35.9 Å². The van der Waals surface area contributed by atoms with E-state index in [4.69, 9.17) is 20.4 Å². The van der Waals surface area contributed by atoms with Gasteiger partial charge >= 0.3 is 18.1 Å². The summed E-state index contributed by atoms with van der Waals surface area (Å²) < 4.78 is 37.1. The number of carboxylic acid groups (broad SMARTS) is 1. The molecule has 0 saturated carbocycles. The summed E-state index contributed by atoms with van der Waals surface area (Å²) in [6, 6.07) is 7.37. The van der Waals surface area contributed by atoms with E-state index in [1.54, 1.807) is 6.92 Å². The van der Waals surface area contributed by atoms with Gasteiger partial charge in [-0.05, 0) is 31.2 Å². The lowest BCUT2D eigenvalue weighted by atomic mass is 10.0. The average Bonchev–Trinajstić information content (AvgIpc) is 3.25. The molecule has 12 heteroatoms. The first kappa shape index (κ1) is 28.9. The predicted molar refractivity (Wildman–Crippen MR) is 115 cm³/mol. The monoisotopic (exact) mass is 489 g/mol. The highest BCUT2D eigenvalue weighted by atomic mass is 19.4. The Bertz CT molecular complexity index is 846. The molecule has 1 saturated heterocycles. The lowest BCUT2D eigenvalue weighted by Crippen LogP contribution is -2.56. The molecule has 190 valence electrons. The highest BCUT2D eigenvalue weighted by Gasteiger charge is 2.40. The summed E-state index contributed by atoms with van der Waals surface area (Å²) in [6.45, 7) is 5.91. The van der Waals surface area contributed by atoms with Gasteiger partial charge in [-0.3, -0.25) is 9.59 Å². The van der Waals surface area contributed by atoms with Gasteiger partial charge in [0.25, 0.3) is 0 Å². The zero-order chi connectivity index (χ0) is 26.1. The van der Waals surface area contributed by atoms with E-state index < -0.39 is 36.2 Å². The van der Waals surface area contributed by atoms with Crippen LogP contribution in [0.2, 0.25) is 0 Å². The van der Waals surface area contributed by atoms with E-state index in [9.17, 15) is 27.6 Å². The first-order valence-corrected chi connectivity index (χ1v) is 10.6. The second-order valence-electron chi connectivity index (χ2n) is 8.10. The molecule has 0 bridgehead atoms. The predicted octanol–water partition coefficient (Wildman–Crippen LogP) is 1.84. The van der Waals surface area contributed by atoms with Gasteiger partial charge in [-0.2, -0.15) is 13.2 Å². The van der Waals surface area contributed by atoms with Crippen molar-refractivity contribution in [2.24, 2.45) is 11.7 Å². The van der Waals surface area contributed by atoms with Crippen LogP contribution in [0.25, 0.3) is 0 Å². The van der Waals surface area contributed by atoms with Crippen LogP contribution in [-0.4, -0.2) is 64.6 Å². The van der Waals surface area contributed by atoms with E-state index in [-0.39, 0.29) is 24.3 Å². The molecule has 2 rings (SSSR count). The molecule has 1 aliphatic heterocycles. The van der Waals surface area contributed by atoms with Crippen LogP contribution in [0.1, 0.15) is 39.2 Å². The van der Waals surface area contributed by atoms with E-state index >= 15 is 0 Å². The number of hydrogen-bond donors (Lipinski definition) is 3. The lowest BCUT2D eigenvalue weighted by molar-refractivity contribution is -0.192. The molecule has 0 unspecified atom stereocenters. The van der Waals surface area contributed by atoms with Crippen molar-refractivity contribution in [3.8, 4) is 0 Å². The topological polar surface area (TPSA) is 139 Å². The maximum atomic E-state index is 13.0. The van der Waals surface area contributed by atoms with Gasteiger partial charge < -0.3 is 25.8 Å². The van der Waals surface area contributed by atoms with Crippen LogP contribution >= 0.6 is 0 Å². The van der Waals surface area contributed by atoms with Crippen molar-refractivity contribution in [1.82, 2.24) is 10.2 Å². The third-order valence-electron chi connectivity index (χ3n) is 4.92. The fraction of sp³-hybridized carbons (Fsp3) is 0.545. The third kappa shape index (κ3) is 9.00. The summed E-state index contributed by atoms with van der Waals surface area (Å²) in [7, 11) is 0.